The first kappa shape index (κ1) is 15.8. The Morgan fingerprint density at radius 1 is 0.810 bits per heavy atom. The fraction of sp³-hybridized carbons (Fsp3) is 0.250. The van der Waals surface area contributed by atoms with Crippen molar-refractivity contribution in [1.29, 1.82) is 0 Å². The number of methoxy groups -OCH3 is 3. The molecule has 2 aromatic carbocycles. The van der Waals surface area contributed by atoms with Gasteiger partial charge in [-0.25, -0.2) is 0 Å². The van der Waals surface area contributed by atoms with Gasteiger partial charge in [-0.15, -0.1) is 11.6 Å². The van der Waals surface area contributed by atoms with Gasteiger partial charge in [-0.05, 0) is 29.8 Å². The van der Waals surface area contributed by atoms with Crippen LogP contribution in [0.3, 0.4) is 0 Å². The van der Waals surface area contributed by atoms with Crippen LogP contribution in [0.2, 0.25) is 5.02 Å². The zero-order chi connectivity index (χ0) is 15.4. The number of halogens is 2. The van der Waals surface area contributed by atoms with Crippen molar-refractivity contribution in [3.63, 3.8) is 0 Å². The predicted molar refractivity (Wildman–Crippen MR) is 85.2 cm³/mol. The van der Waals surface area contributed by atoms with Crippen LogP contribution in [-0.4, -0.2) is 21.3 Å². The van der Waals surface area contributed by atoms with E-state index in [0.29, 0.717) is 22.3 Å². The van der Waals surface area contributed by atoms with Crippen molar-refractivity contribution in [2.75, 3.05) is 21.3 Å². The van der Waals surface area contributed by atoms with Gasteiger partial charge in [0.1, 0.15) is 0 Å². The lowest BCUT2D eigenvalue weighted by Crippen LogP contribution is -2.01. The van der Waals surface area contributed by atoms with E-state index in [1.54, 1.807) is 33.5 Å². The minimum absolute atomic E-state index is 0.378. The molecule has 0 aliphatic heterocycles. The Kier molecular flexibility index (Phi) is 5.21. The Labute approximate surface area is 134 Å². The fourth-order valence-electron chi connectivity index (χ4n) is 2.14. The summed E-state index contributed by atoms with van der Waals surface area (Å²) < 4.78 is 16.1. The molecule has 0 amide bonds. The van der Waals surface area contributed by atoms with Crippen LogP contribution in [0.5, 0.6) is 17.2 Å². The summed E-state index contributed by atoms with van der Waals surface area (Å²) in [7, 11) is 4.72. The largest absolute Gasteiger partial charge is 0.493 e. The van der Waals surface area contributed by atoms with Gasteiger partial charge in [-0.1, -0.05) is 23.7 Å². The maximum absolute atomic E-state index is 6.57. The van der Waals surface area contributed by atoms with Crippen molar-refractivity contribution < 1.29 is 14.2 Å². The van der Waals surface area contributed by atoms with Gasteiger partial charge in [-0.2, -0.15) is 0 Å². The van der Waals surface area contributed by atoms with Gasteiger partial charge in [0, 0.05) is 10.6 Å². The Hall–Kier alpha value is -1.58. The lowest BCUT2D eigenvalue weighted by Gasteiger charge is -2.19. The molecule has 0 aliphatic carbocycles. The van der Waals surface area contributed by atoms with Crippen molar-refractivity contribution in [1.82, 2.24) is 0 Å². The summed E-state index contributed by atoms with van der Waals surface area (Å²) in [5.74, 6) is 1.68. The quantitative estimate of drug-likeness (QED) is 0.746. The number of hydrogen-bond acceptors (Lipinski definition) is 3. The van der Waals surface area contributed by atoms with E-state index < -0.39 is 0 Å². The summed E-state index contributed by atoms with van der Waals surface area (Å²) in [5, 5.41) is 0.291. The highest BCUT2D eigenvalue weighted by Crippen LogP contribution is 2.45. The first-order chi connectivity index (χ1) is 10.1. The molecule has 5 heteroatoms. The Bertz CT molecular complexity index is 612. The normalized spacial score (nSPS) is 11.9. The van der Waals surface area contributed by atoms with Crippen LogP contribution >= 0.6 is 23.2 Å². The third-order valence-electron chi connectivity index (χ3n) is 3.17. The fourth-order valence-corrected chi connectivity index (χ4v) is 2.58. The summed E-state index contributed by atoms with van der Waals surface area (Å²) in [6.07, 6.45) is 0. The van der Waals surface area contributed by atoms with Crippen LogP contribution in [0.1, 0.15) is 16.5 Å². The molecule has 0 N–H and O–H groups in total. The van der Waals surface area contributed by atoms with Gasteiger partial charge >= 0.3 is 0 Å². The van der Waals surface area contributed by atoms with Crippen LogP contribution in [0.15, 0.2) is 36.4 Å². The van der Waals surface area contributed by atoms with Gasteiger partial charge in [0.05, 0.1) is 26.7 Å². The zero-order valence-corrected chi connectivity index (χ0v) is 13.5. The molecule has 0 saturated carbocycles. The lowest BCUT2D eigenvalue weighted by molar-refractivity contribution is 0.322. The van der Waals surface area contributed by atoms with Gasteiger partial charge in [0.2, 0.25) is 5.75 Å². The first-order valence-corrected chi connectivity index (χ1v) is 7.12. The highest BCUT2D eigenvalue weighted by Gasteiger charge is 2.22. The second kappa shape index (κ2) is 6.92. The molecule has 1 unspecified atom stereocenters. The maximum Gasteiger partial charge on any atom is 0.203 e. The van der Waals surface area contributed by atoms with E-state index in [0.717, 1.165) is 11.1 Å². The third kappa shape index (κ3) is 3.20. The molecular weight excluding hydrogens is 311 g/mol. The second-order valence-corrected chi connectivity index (χ2v) is 5.21. The zero-order valence-electron chi connectivity index (χ0n) is 12.0. The van der Waals surface area contributed by atoms with E-state index in [4.69, 9.17) is 37.4 Å². The van der Waals surface area contributed by atoms with Crippen LogP contribution in [0.4, 0.5) is 0 Å². The molecule has 0 aromatic heterocycles. The minimum Gasteiger partial charge on any atom is -0.493 e. The SMILES string of the molecule is COc1ccc(C(Cl)c2ccc(Cl)cc2)c(OC)c1OC. The molecule has 0 spiro atoms. The van der Waals surface area contributed by atoms with Crippen LogP contribution in [0.25, 0.3) is 0 Å². The van der Waals surface area contributed by atoms with E-state index in [2.05, 4.69) is 0 Å². The van der Waals surface area contributed by atoms with E-state index in [9.17, 15) is 0 Å². The van der Waals surface area contributed by atoms with E-state index in [1.807, 2.05) is 24.3 Å². The summed E-state index contributed by atoms with van der Waals surface area (Å²) in [6.45, 7) is 0. The highest BCUT2D eigenvalue weighted by molar-refractivity contribution is 6.30. The lowest BCUT2D eigenvalue weighted by atomic mass is 10.0. The van der Waals surface area contributed by atoms with E-state index >= 15 is 0 Å². The van der Waals surface area contributed by atoms with Crippen molar-refractivity contribution >= 4 is 23.2 Å². The predicted octanol–water partition coefficient (Wildman–Crippen LogP) is 4.69. The summed E-state index contributed by atoms with van der Waals surface area (Å²) in [4.78, 5) is 0. The standard InChI is InChI=1S/C16H16Cl2O3/c1-19-13-9-8-12(15(20-2)16(13)21-3)14(18)10-4-6-11(17)7-5-10/h4-9,14H,1-3H3. The van der Waals surface area contributed by atoms with Gasteiger partial charge in [0.25, 0.3) is 0 Å². The monoisotopic (exact) mass is 326 g/mol. The van der Waals surface area contributed by atoms with Crippen molar-refractivity contribution in [3.8, 4) is 17.2 Å². The molecule has 1 atom stereocenters. The molecule has 2 rings (SSSR count). The molecule has 21 heavy (non-hydrogen) atoms. The molecule has 3 nitrogen and oxygen atoms in total. The van der Waals surface area contributed by atoms with Gasteiger partial charge < -0.3 is 14.2 Å². The van der Waals surface area contributed by atoms with E-state index in [-0.39, 0.29) is 5.38 Å². The van der Waals surface area contributed by atoms with Crippen molar-refractivity contribution in [3.05, 3.63) is 52.5 Å². The summed E-state index contributed by atoms with van der Waals surface area (Å²) >= 11 is 12.5. The van der Waals surface area contributed by atoms with Crippen molar-refractivity contribution in [2.45, 2.75) is 5.38 Å². The molecule has 0 bridgehead atoms. The topological polar surface area (TPSA) is 27.7 Å². The molecule has 0 radical (unpaired) electrons. The average Bonchev–Trinajstić information content (AvgIpc) is 2.53. The third-order valence-corrected chi connectivity index (χ3v) is 3.91. The second-order valence-electron chi connectivity index (χ2n) is 4.34. The Morgan fingerprint density at radius 2 is 1.43 bits per heavy atom. The number of alkyl halides is 1. The van der Waals surface area contributed by atoms with Crippen molar-refractivity contribution in [2.24, 2.45) is 0 Å². The van der Waals surface area contributed by atoms with Crippen LogP contribution < -0.4 is 14.2 Å². The molecule has 0 saturated heterocycles. The number of rotatable bonds is 5. The van der Waals surface area contributed by atoms with E-state index in [1.165, 1.54) is 0 Å². The smallest absolute Gasteiger partial charge is 0.203 e. The molecule has 0 heterocycles. The number of hydrogen-bond donors (Lipinski definition) is 0. The first-order valence-electron chi connectivity index (χ1n) is 6.30. The maximum atomic E-state index is 6.57. The Morgan fingerprint density at radius 3 is 1.95 bits per heavy atom. The highest BCUT2D eigenvalue weighted by atomic mass is 35.5. The average molecular weight is 327 g/mol. The number of benzene rings is 2. The van der Waals surface area contributed by atoms with Gasteiger partial charge in [-0.3, -0.25) is 0 Å². The number of ether oxygens (including phenoxy) is 3. The summed E-state index contributed by atoms with van der Waals surface area (Å²) in [5.41, 5.74) is 1.73. The molecule has 2 aromatic rings. The van der Waals surface area contributed by atoms with Gasteiger partial charge in [0.15, 0.2) is 11.5 Å². The molecule has 0 fully saturated rings. The molecule has 112 valence electrons. The molecule has 0 aliphatic rings. The Balaban J connectivity index is 2.50. The van der Waals surface area contributed by atoms with Crippen LogP contribution in [-0.2, 0) is 0 Å². The van der Waals surface area contributed by atoms with Crippen LogP contribution in [0, 0.1) is 0 Å². The molecular formula is C16H16Cl2O3. The minimum atomic E-state index is -0.378. The summed E-state index contributed by atoms with van der Waals surface area (Å²) in [6, 6.07) is 11.1.